The van der Waals surface area contributed by atoms with Gasteiger partial charge in [-0.2, -0.15) is 0 Å². The number of hydrogen-bond acceptors (Lipinski definition) is 3. The van der Waals surface area contributed by atoms with Gasteiger partial charge in [0, 0.05) is 25.2 Å². The Kier molecular flexibility index (Phi) is 3.89. The Bertz CT molecular complexity index is 370. The van der Waals surface area contributed by atoms with Crippen LogP contribution < -0.4 is 9.64 Å². The molecule has 0 aliphatic carbocycles. The van der Waals surface area contributed by atoms with Crippen LogP contribution in [0.25, 0.3) is 0 Å². The van der Waals surface area contributed by atoms with Crippen molar-refractivity contribution in [2.45, 2.75) is 32.3 Å². The van der Waals surface area contributed by atoms with Gasteiger partial charge in [-0.15, -0.1) is 0 Å². The Morgan fingerprint density at radius 2 is 2.06 bits per heavy atom. The maximum atomic E-state index is 9.51. The van der Waals surface area contributed by atoms with E-state index in [1.54, 1.807) is 7.11 Å². The number of ether oxygens (including phenoxy) is 1. The van der Waals surface area contributed by atoms with E-state index < -0.39 is 0 Å². The lowest BCUT2D eigenvalue weighted by Crippen LogP contribution is -2.18. The highest BCUT2D eigenvalue weighted by molar-refractivity contribution is 5.54. The highest BCUT2D eigenvalue weighted by Gasteiger charge is 2.14. The molecule has 1 fully saturated rings. The highest BCUT2D eigenvalue weighted by atomic mass is 16.5. The molecule has 2 rings (SSSR count). The molecule has 0 spiro atoms. The average molecular weight is 235 g/mol. The molecular weight excluding hydrogens is 214 g/mol. The second-order valence-corrected chi connectivity index (χ2v) is 4.74. The lowest BCUT2D eigenvalue weighted by atomic mass is 10.1. The zero-order chi connectivity index (χ0) is 12.3. The molecule has 17 heavy (non-hydrogen) atoms. The van der Waals surface area contributed by atoms with Crippen molar-refractivity contribution in [1.29, 1.82) is 0 Å². The minimum Gasteiger partial charge on any atom is -0.496 e. The number of aliphatic hydroxyl groups is 1. The average Bonchev–Trinajstić information content (AvgIpc) is 2.81. The molecule has 1 unspecified atom stereocenters. The molecule has 1 aromatic carbocycles. The first-order chi connectivity index (χ1) is 8.20. The first kappa shape index (κ1) is 12.2. The lowest BCUT2D eigenvalue weighted by molar-refractivity contribution is 0.194. The standard InChI is InChI=1S/C14H21NO2/c1-11(16)9-12-10-13(5-6-14(12)17-2)15-7-3-4-8-15/h5-6,10-11,16H,3-4,7-9H2,1-2H3. The Hall–Kier alpha value is -1.22. The van der Waals surface area contributed by atoms with Gasteiger partial charge in [0.05, 0.1) is 13.2 Å². The fraction of sp³-hybridized carbons (Fsp3) is 0.571. The number of benzene rings is 1. The van der Waals surface area contributed by atoms with Gasteiger partial charge in [0.15, 0.2) is 0 Å². The number of methoxy groups -OCH3 is 1. The van der Waals surface area contributed by atoms with Crippen molar-refractivity contribution in [2.24, 2.45) is 0 Å². The van der Waals surface area contributed by atoms with Crippen LogP contribution in [0.1, 0.15) is 25.3 Å². The van der Waals surface area contributed by atoms with Crippen molar-refractivity contribution < 1.29 is 9.84 Å². The number of anilines is 1. The fourth-order valence-corrected chi connectivity index (χ4v) is 2.41. The summed E-state index contributed by atoms with van der Waals surface area (Å²) < 4.78 is 5.33. The van der Waals surface area contributed by atoms with Crippen LogP contribution in [0.4, 0.5) is 5.69 Å². The third-order valence-corrected chi connectivity index (χ3v) is 3.25. The van der Waals surface area contributed by atoms with Crippen molar-refractivity contribution in [1.82, 2.24) is 0 Å². The van der Waals surface area contributed by atoms with Crippen LogP contribution in [-0.4, -0.2) is 31.4 Å². The summed E-state index contributed by atoms with van der Waals surface area (Å²) in [6.07, 6.45) is 2.86. The second kappa shape index (κ2) is 5.41. The maximum absolute atomic E-state index is 9.51. The van der Waals surface area contributed by atoms with E-state index in [9.17, 15) is 5.11 Å². The van der Waals surface area contributed by atoms with Gasteiger partial charge >= 0.3 is 0 Å². The zero-order valence-corrected chi connectivity index (χ0v) is 10.6. The number of hydrogen-bond donors (Lipinski definition) is 1. The van der Waals surface area contributed by atoms with Gasteiger partial charge in [0.2, 0.25) is 0 Å². The molecule has 1 aliphatic heterocycles. The Morgan fingerprint density at radius 1 is 1.35 bits per heavy atom. The van der Waals surface area contributed by atoms with Gasteiger partial charge in [0.25, 0.3) is 0 Å². The largest absolute Gasteiger partial charge is 0.496 e. The van der Waals surface area contributed by atoms with E-state index in [-0.39, 0.29) is 6.10 Å². The SMILES string of the molecule is COc1ccc(N2CCCC2)cc1CC(C)O. The van der Waals surface area contributed by atoms with E-state index in [0.717, 1.165) is 24.4 Å². The molecule has 1 saturated heterocycles. The van der Waals surface area contributed by atoms with E-state index in [4.69, 9.17) is 4.74 Å². The van der Waals surface area contributed by atoms with Crippen molar-refractivity contribution in [3.63, 3.8) is 0 Å². The monoisotopic (exact) mass is 235 g/mol. The van der Waals surface area contributed by atoms with Crippen LogP contribution in [-0.2, 0) is 6.42 Å². The third kappa shape index (κ3) is 2.91. The molecule has 0 saturated carbocycles. The number of rotatable bonds is 4. The van der Waals surface area contributed by atoms with Crippen molar-refractivity contribution in [3.8, 4) is 5.75 Å². The number of aliphatic hydroxyl groups excluding tert-OH is 1. The van der Waals surface area contributed by atoms with Crippen LogP contribution in [0.2, 0.25) is 0 Å². The summed E-state index contributed by atoms with van der Waals surface area (Å²) in [7, 11) is 1.68. The molecular formula is C14H21NO2. The highest BCUT2D eigenvalue weighted by Crippen LogP contribution is 2.28. The fourth-order valence-electron chi connectivity index (χ4n) is 2.41. The van der Waals surface area contributed by atoms with Gasteiger partial charge in [-0.3, -0.25) is 0 Å². The molecule has 0 radical (unpaired) electrons. The summed E-state index contributed by atoms with van der Waals surface area (Å²) in [6, 6.07) is 6.26. The molecule has 1 N–H and O–H groups in total. The van der Waals surface area contributed by atoms with Gasteiger partial charge in [-0.1, -0.05) is 0 Å². The van der Waals surface area contributed by atoms with Crippen LogP contribution >= 0.6 is 0 Å². The van der Waals surface area contributed by atoms with Crippen molar-refractivity contribution in [2.75, 3.05) is 25.1 Å². The van der Waals surface area contributed by atoms with E-state index >= 15 is 0 Å². The van der Waals surface area contributed by atoms with Gasteiger partial charge in [-0.05, 0) is 43.5 Å². The molecule has 3 heteroatoms. The Labute approximate surface area is 103 Å². The van der Waals surface area contributed by atoms with E-state index in [2.05, 4.69) is 17.0 Å². The minimum atomic E-state index is -0.335. The quantitative estimate of drug-likeness (QED) is 0.868. The summed E-state index contributed by atoms with van der Waals surface area (Å²) in [5.74, 6) is 0.869. The van der Waals surface area contributed by atoms with Crippen LogP contribution in [0.5, 0.6) is 5.75 Å². The van der Waals surface area contributed by atoms with Gasteiger partial charge in [0.1, 0.15) is 5.75 Å². The molecule has 0 aromatic heterocycles. The molecule has 0 amide bonds. The normalized spacial score (nSPS) is 17.2. The maximum Gasteiger partial charge on any atom is 0.122 e. The molecule has 3 nitrogen and oxygen atoms in total. The van der Waals surface area contributed by atoms with E-state index in [1.165, 1.54) is 18.5 Å². The third-order valence-electron chi connectivity index (χ3n) is 3.25. The molecule has 0 bridgehead atoms. The molecule has 94 valence electrons. The number of nitrogens with zero attached hydrogens (tertiary/aromatic N) is 1. The second-order valence-electron chi connectivity index (χ2n) is 4.74. The zero-order valence-electron chi connectivity index (χ0n) is 10.6. The smallest absolute Gasteiger partial charge is 0.122 e. The summed E-state index contributed by atoms with van der Waals surface area (Å²) in [6.45, 7) is 4.09. The predicted molar refractivity (Wildman–Crippen MR) is 69.8 cm³/mol. The van der Waals surface area contributed by atoms with Crippen LogP contribution in [0.15, 0.2) is 18.2 Å². The lowest BCUT2D eigenvalue weighted by Gasteiger charge is -2.20. The van der Waals surface area contributed by atoms with Gasteiger partial charge < -0.3 is 14.7 Å². The molecule has 1 atom stereocenters. The summed E-state index contributed by atoms with van der Waals surface area (Å²) >= 11 is 0. The summed E-state index contributed by atoms with van der Waals surface area (Å²) in [5.41, 5.74) is 2.34. The molecule has 1 heterocycles. The van der Waals surface area contributed by atoms with Gasteiger partial charge in [-0.25, -0.2) is 0 Å². The van der Waals surface area contributed by atoms with Crippen LogP contribution in [0, 0.1) is 0 Å². The van der Waals surface area contributed by atoms with Crippen LogP contribution in [0.3, 0.4) is 0 Å². The Morgan fingerprint density at radius 3 is 2.65 bits per heavy atom. The first-order valence-electron chi connectivity index (χ1n) is 6.30. The van der Waals surface area contributed by atoms with E-state index in [0.29, 0.717) is 6.42 Å². The van der Waals surface area contributed by atoms with E-state index in [1.807, 2.05) is 13.0 Å². The summed E-state index contributed by atoms with van der Waals surface area (Å²) in [4.78, 5) is 2.39. The van der Waals surface area contributed by atoms with Crippen molar-refractivity contribution >= 4 is 5.69 Å². The molecule has 1 aromatic rings. The minimum absolute atomic E-state index is 0.335. The molecule has 1 aliphatic rings. The summed E-state index contributed by atoms with van der Waals surface area (Å²) in [5, 5.41) is 9.51. The predicted octanol–water partition coefficient (Wildman–Crippen LogP) is 2.22. The topological polar surface area (TPSA) is 32.7 Å². The Balaban J connectivity index is 2.23. The van der Waals surface area contributed by atoms with Crippen molar-refractivity contribution in [3.05, 3.63) is 23.8 Å². The first-order valence-corrected chi connectivity index (χ1v) is 6.30.